The van der Waals surface area contributed by atoms with Crippen molar-refractivity contribution >= 4 is 21.6 Å². The lowest BCUT2D eigenvalue weighted by Gasteiger charge is -2.21. The first-order valence-electron chi connectivity index (χ1n) is 10.3. The van der Waals surface area contributed by atoms with Gasteiger partial charge in [0.2, 0.25) is 0 Å². The van der Waals surface area contributed by atoms with Crippen molar-refractivity contribution in [3.63, 3.8) is 0 Å². The van der Waals surface area contributed by atoms with E-state index in [1.54, 1.807) is 12.1 Å². The van der Waals surface area contributed by atoms with Gasteiger partial charge in [-0.3, -0.25) is 9.59 Å². The molecule has 0 fully saturated rings. The van der Waals surface area contributed by atoms with Crippen LogP contribution in [0.3, 0.4) is 0 Å². The van der Waals surface area contributed by atoms with Crippen molar-refractivity contribution in [2.75, 3.05) is 26.6 Å². The van der Waals surface area contributed by atoms with E-state index in [0.29, 0.717) is 23.3 Å². The minimum atomic E-state index is -3.53. The van der Waals surface area contributed by atoms with Gasteiger partial charge in [-0.1, -0.05) is 44.4 Å². The SMILES string of the molecule is C=CCOc1cc(OCC=C)c(C(=O)c2cccc(S(C)(=O)=O)c2)c(CC(=O)OC)c1CC. The van der Waals surface area contributed by atoms with Crippen LogP contribution in [0.15, 0.2) is 60.5 Å². The number of hydrogen-bond acceptors (Lipinski definition) is 7. The lowest BCUT2D eigenvalue weighted by atomic mass is 9.90. The molecule has 0 heterocycles. The van der Waals surface area contributed by atoms with Crippen LogP contribution < -0.4 is 9.47 Å². The zero-order chi connectivity index (χ0) is 24.6. The summed E-state index contributed by atoms with van der Waals surface area (Å²) in [5.74, 6) is -0.376. The maximum absolute atomic E-state index is 13.7. The van der Waals surface area contributed by atoms with Crippen LogP contribution in [0, 0.1) is 0 Å². The second kappa shape index (κ2) is 11.5. The zero-order valence-electron chi connectivity index (χ0n) is 19.1. The quantitative estimate of drug-likeness (QED) is 0.264. The first-order valence-corrected chi connectivity index (χ1v) is 12.1. The molecule has 0 saturated carbocycles. The summed E-state index contributed by atoms with van der Waals surface area (Å²) in [5, 5.41) is 0. The van der Waals surface area contributed by atoms with Crippen LogP contribution in [0.5, 0.6) is 11.5 Å². The van der Waals surface area contributed by atoms with Gasteiger partial charge in [0.15, 0.2) is 15.6 Å². The molecule has 0 N–H and O–H groups in total. The highest BCUT2D eigenvalue weighted by Gasteiger charge is 2.27. The van der Waals surface area contributed by atoms with Gasteiger partial charge in [0, 0.05) is 17.9 Å². The Morgan fingerprint density at radius 2 is 1.64 bits per heavy atom. The van der Waals surface area contributed by atoms with E-state index in [1.807, 2.05) is 6.92 Å². The molecule has 0 aliphatic heterocycles. The largest absolute Gasteiger partial charge is 0.489 e. The van der Waals surface area contributed by atoms with Gasteiger partial charge in [-0.15, -0.1) is 0 Å². The minimum Gasteiger partial charge on any atom is -0.489 e. The fourth-order valence-corrected chi connectivity index (χ4v) is 3.99. The molecule has 0 atom stereocenters. The Labute approximate surface area is 194 Å². The minimum absolute atomic E-state index is 0.0121. The summed E-state index contributed by atoms with van der Waals surface area (Å²) in [4.78, 5) is 26.0. The fourth-order valence-electron chi connectivity index (χ4n) is 3.33. The van der Waals surface area contributed by atoms with Gasteiger partial charge in [0.25, 0.3) is 0 Å². The standard InChI is InChI=1S/C25H28O7S/c1-6-12-31-21-16-22(32-13-7-2)24(20(19(21)8-3)15-23(26)30-4)25(27)17-10-9-11-18(14-17)33(5,28)29/h6-7,9-11,14,16H,1-2,8,12-13,15H2,3-5H3. The first-order chi connectivity index (χ1) is 15.7. The van der Waals surface area contributed by atoms with Crippen molar-refractivity contribution in [2.45, 2.75) is 24.7 Å². The molecule has 0 spiro atoms. The molecule has 0 aliphatic rings. The third kappa shape index (κ3) is 6.32. The molecule has 2 aromatic rings. The van der Waals surface area contributed by atoms with E-state index in [1.165, 1.54) is 37.5 Å². The Morgan fingerprint density at radius 1 is 1.00 bits per heavy atom. The lowest BCUT2D eigenvalue weighted by Crippen LogP contribution is -2.17. The lowest BCUT2D eigenvalue weighted by molar-refractivity contribution is -0.139. The predicted octanol–water partition coefficient (Wildman–Crippen LogP) is 3.73. The van der Waals surface area contributed by atoms with Gasteiger partial charge >= 0.3 is 5.97 Å². The van der Waals surface area contributed by atoms with Gasteiger partial charge in [0.05, 0.1) is 24.0 Å². The van der Waals surface area contributed by atoms with Crippen LogP contribution in [0.2, 0.25) is 0 Å². The molecule has 0 saturated heterocycles. The number of rotatable bonds is 12. The highest BCUT2D eigenvalue weighted by Crippen LogP contribution is 2.37. The molecule has 0 radical (unpaired) electrons. The number of carbonyl (C=O) groups excluding carboxylic acids is 2. The molecule has 0 aromatic heterocycles. The zero-order valence-corrected chi connectivity index (χ0v) is 19.9. The van der Waals surface area contributed by atoms with Crippen molar-refractivity contribution in [2.24, 2.45) is 0 Å². The first kappa shape index (κ1) is 25.9. The van der Waals surface area contributed by atoms with E-state index in [0.717, 1.165) is 6.26 Å². The number of hydrogen-bond donors (Lipinski definition) is 0. The number of ketones is 1. The molecule has 2 rings (SSSR count). The van der Waals surface area contributed by atoms with Crippen LogP contribution in [0.1, 0.15) is 34.0 Å². The average molecular weight is 473 g/mol. The van der Waals surface area contributed by atoms with E-state index in [9.17, 15) is 18.0 Å². The van der Waals surface area contributed by atoms with E-state index >= 15 is 0 Å². The van der Waals surface area contributed by atoms with Crippen LogP contribution in [-0.2, 0) is 32.2 Å². The van der Waals surface area contributed by atoms with Crippen molar-refractivity contribution < 1.29 is 32.2 Å². The van der Waals surface area contributed by atoms with E-state index in [-0.39, 0.29) is 41.4 Å². The van der Waals surface area contributed by atoms with E-state index < -0.39 is 21.6 Å². The van der Waals surface area contributed by atoms with Crippen molar-refractivity contribution in [1.29, 1.82) is 0 Å². The molecule has 8 heteroatoms. The number of carbonyl (C=O) groups is 2. The number of benzene rings is 2. The summed E-state index contributed by atoms with van der Waals surface area (Å²) in [6, 6.07) is 7.34. The third-order valence-electron chi connectivity index (χ3n) is 4.84. The highest BCUT2D eigenvalue weighted by atomic mass is 32.2. The molecular formula is C25H28O7S. The second-order valence-corrected chi connectivity index (χ2v) is 9.16. The molecule has 0 bridgehead atoms. The molecule has 0 amide bonds. The van der Waals surface area contributed by atoms with Gasteiger partial charge in [-0.2, -0.15) is 0 Å². The monoisotopic (exact) mass is 472 g/mol. The molecule has 2 aromatic carbocycles. The molecule has 33 heavy (non-hydrogen) atoms. The molecule has 0 aliphatic carbocycles. The molecule has 176 valence electrons. The maximum atomic E-state index is 13.7. The number of methoxy groups -OCH3 is 1. The Hall–Kier alpha value is -3.39. The van der Waals surface area contributed by atoms with Gasteiger partial charge in [-0.25, -0.2) is 8.42 Å². The smallest absolute Gasteiger partial charge is 0.310 e. The summed E-state index contributed by atoms with van der Waals surface area (Å²) in [5.41, 5.74) is 1.35. The molecule has 0 unspecified atom stereocenters. The summed E-state index contributed by atoms with van der Waals surface area (Å²) < 4.78 is 40.5. The fraction of sp³-hybridized carbons (Fsp3) is 0.280. The van der Waals surface area contributed by atoms with Crippen LogP contribution in [-0.4, -0.2) is 46.7 Å². The van der Waals surface area contributed by atoms with Crippen LogP contribution in [0.25, 0.3) is 0 Å². The molecule has 7 nitrogen and oxygen atoms in total. The van der Waals surface area contributed by atoms with E-state index in [4.69, 9.17) is 14.2 Å². The third-order valence-corrected chi connectivity index (χ3v) is 5.95. The normalized spacial score (nSPS) is 10.9. The van der Waals surface area contributed by atoms with Gasteiger partial charge < -0.3 is 14.2 Å². The van der Waals surface area contributed by atoms with E-state index in [2.05, 4.69) is 13.2 Å². The summed E-state index contributed by atoms with van der Waals surface area (Å²) >= 11 is 0. The van der Waals surface area contributed by atoms with Crippen LogP contribution >= 0.6 is 0 Å². The summed E-state index contributed by atoms with van der Waals surface area (Å²) in [6.45, 7) is 9.49. The molecular weight excluding hydrogens is 444 g/mol. The summed E-state index contributed by atoms with van der Waals surface area (Å²) in [6.07, 6.45) is 4.45. The van der Waals surface area contributed by atoms with Crippen molar-refractivity contribution in [3.05, 3.63) is 77.9 Å². The Morgan fingerprint density at radius 3 is 2.18 bits per heavy atom. The summed E-state index contributed by atoms with van der Waals surface area (Å²) in [7, 11) is -2.27. The van der Waals surface area contributed by atoms with Crippen LogP contribution in [0.4, 0.5) is 0 Å². The maximum Gasteiger partial charge on any atom is 0.310 e. The number of esters is 1. The van der Waals surface area contributed by atoms with Crippen molar-refractivity contribution in [1.82, 2.24) is 0 Å². The Balaban J connectivity index is 2.83. The van der Waals surface area contributed by atoms with Gasteiger partial charge in [-0.05, 0) is 29.7 Å². The topological polar surface area (TPSA) is 96.0 Å². The predicted molar refractivity (Wildman–Crippen MR) is 126 cm³/mol. The highest BCUT2D eigenvalue weighted by molar-refractivity contribution is 7.90. The average Bonchev–Trinajstić information content (AvgIpc) is 2.80. The van der Waals surface area contributed by atoms with Gasteiger partial charge in [0.1, 0.15) is 24.7 Å². The second-order valence-electron chi connectivity index (χ2n) is 7.14. The number of sulfone groups is 1. The Kier molecular flexibility index (Phi) is 8.99. The van der Waals surface area contributed by atoms with Crippen molar-refractivity contribution in [3.8, 4) is 11.5 Å². The number of ether oxygens (including phenoxy) is 3. The Bertz CT molecular complexity index is 1160.